The smallest absolute Gasteiger partial charge is 0.264 e. The quantitative estimate of drug-likeness (QED) is 0.170. The summed E-state index contributed by atoms with van der Waals surface area (Å²) in [4.78, 5) is 30.1. The van der Waals surface area contributed by atoms with Crippen LogP contribution in [0.15, 0.2) is 102 Å². The maximum Gasteiger partial charge on any atom is 0.264 e. The van der Waals surface area contributed by atoms with E-state index in [0.29, 0.717) is 17.3 Å². The zero-order valence-corrected chi connectivity index (χ0v) is 28.6. The molecule has 0 aliphatic heterocycles. The van der Waals surface area contributed by atoms with Gasteiger partial charge in [0.15, 0.2) is 0 Å². The van der Waals surface area contributed by atoms with E-state index in [-0.39, 0.29) is 29.7 Å². The van der Waals surface area contributed by atoms with Crippen molar-refractivity contribution in [1.29, 1.82) is 0 Å². The normalized spacial score (nSPS) is 12.1. The Bertz CT molecular complexity index is 1740. The van der Waals surface area contributed by atoms with E-state index in [1.807, 2.05) is 71.0 Å². The Morgan fingerprint density at radius 1 is 0.804 bits per heavy atom. The minimum absolute atomic E-state index is 0.0755. The maximum absolute atomic E-state index is 14.6. The summed E-state index contributed by atoms with van der Waals surface area (Å²) >= 11 is 6.17. The van der Waals surface area contributed by atoms with Gasteiger partial charge in [-0.1, -0.05) is 97.7 Å². The Kier molecular flexibility index (Phi) is 11.7. The molecule has 7 nitrogen and oxygen atoms in total. The van der Waals surface area contributed by atoms with Crippen molar-refractivity contribution < 1.29 is 18.0 Å². The largest absolute Gasteiger partial charge is 0.354 e. The van der Waals surface area contributed by atoms with Gasteiger partial charge in [-0.15, -0.1) is 0 Å². The first-order valence-electron chi connectivity index (χ1n) is 15.4. The first-order chi connectivity index (χ1) is 21.9. The molecule has 0 saturated carbocycles. The minimum Gasteiger partial charge on any atom is -0.354 e. The standard InChI is InChI=1S/C37H42ClN3O4S/c1-26(2)23-39-37(43)35(22-30-11-7-6-8-12-30)40(24-31-16-18-32(38)19-17-31)36(42)25-41(34-13-9-10-28(4)29(34)5)46(44,45)33-20-14-27(3)15-21-33/h6-21,26,35H,22-25H2,1-5H3,(H,39,43). The summed E-state index contributed by atoms with van der Waals surface area (Å²) in [6.07, 6.45) is 0.248. The molecule has 0 aromatic heterocycles. The van der Waals surface area contributed by atoms with Gasteiger partial charge in [-0.05, 0) is 79.3 Å². The third-order valence-electron chi connectivity index (χ3n) is 7.95. The Balaban J connectivity index is 1.82. The molecule has 0 aliphatic rings. The van der Waals surface area contributed by atoms with Crippen molar-refractivity contribution in [3.8, 4) is 0 Å². The van der Waals surface area contributed by atoms with E-state index in [9.17, 15) is 18.0 Å². The molecule has 4 rings (SSSR count). The topological polar surface area (TPSA) is 86.8 Å². The molecule has 0 fully saturated rings. The molecule has 242 valence electrons. The minimum atomic E-state index is -4.18. The van der Waals surface area contributed by atoms with Gasteiger partial charge < -0.3 is 10.2 Å². The predicted molar refractivity (Wildman–Crippen MR) is 185 cm³/mol. The van der Waals surface area contributed by atoms with Crippen LogP contribution in [0.4, 0.5) is 5.69 Å². The van der Waals surface area contributed by atoms with E-state index in [4.69, 9.17) is 11.6 Å². The van der Waals surface area contributed by atoms with Gasteiger partial charge in [0.05, 0.1) is 10.6 Å². The van der Waals surface area contributed by atoms with Crippen molar-refractivity contribution in [2.45, 2.75) is 58.5 Å². The predicted octanol–water partition coefficient (Wildman–Crippen LogP) is 6.87. The molecule has 0 heterocycles. The van der Waals surface area contributed by atoms with Crippen LogP contribution in [0.3, 0.4) is 0 Å². The number of aryl methyl sites for hydroxylation is 2. The van der Waals surface area contributed by atoms with Gasteiger partial charge in [0.1, 0.15) is 12.6 Å². The highest BCUT2D eigenvalue weighted by atomic mass is 35.5. The van der Waals surface area contributed by atoms with Gasteiger partial charge in [-0.2, -0.15) is 0 Å². The number of sulfonamides is 1. The van der Waals surface area contributed by atoms with Crippen molar-refractivity contribution in [2.75, 3.05) is 17.4 Å². The van der Waals surface area contributed by atoms with Crippen LogP contribution in [0.2, 0.25) is 5.02 Å². The highest BCUT2D eigenvalue weighted by Gasteiger charge is 2.35. The van der Waals surface area contributed by atoms with E-state index in [1.54, 1.807) is 60.7 Å². The fourth-order valence-electron chi connectivity index (χ4n) is 5.12. The second kappa shape index (κ2) is 15.4. The Morgan fingerprint density at radius 2 is 1.46 bits per heavy atom. The van der Waals surface area contributed by atoms with Crippen LogP contribution >= 0.6 is 11.6 Å². The molecule has 2 amide bonds. The number of hydrogen-bond acceptors (Lipinski definition) is 4. The van der Waals surface area contributed by atoms with E-state index in [1.165, 1.54) is 9.21 Å². The van der Waals surface area contributed by atoms with Crippen LogP contribution in [0.5, 0.6) is 0 Å². The Morgan fingerprint density at radius 3 is 2.09 bits per heavy atom. The van der Waals surface area contributed by atoms with Gasteiger partial charge in [-0.25, -0.2) is 8.42 Å². The van der Waals surface area contributed by atoms with Crippen LogP contribution < -0.4 is 9.62 Å². The summed E-state index contributed by atoms with van der Waals surface area (Å²) in [6.45, 7) is 9.64. The third-order valence-corrected chi connectivity index (χ3v) is 9.98. The number of nitrogens with one attached hydrogen (secondary N) is 1. The van der Waals surface area contributed by atoms with Crippen LogP contribution in [0, 0.1) is 26.7 Å². The zero-order chi connectivity index (χ0) is 33.4. The molecule has 0 saturated heterocycles. The first-order valence-corrected chi connectivity index (χ1v) is 17.2. The summed E-state index contributed by atoms with van der Waals surface area (Å²) in [6, 6.07) is 27.6. The number of amides is 2. The lowest BCUT2D eigenvalue weighted by Crippen LogP contribution is -2.53. The second-order valence-corrected chi connectivity index (χ2v) is 14.3. The monoisotopic (exact) mass is 659 g/mol. The number of nitrogens with zero attached hydrogens (tertiary/aromatic N) is 2. The molecule has 9 heteroatoms. The first kappa shape index (κ1) is 34.7. The summed E-state index contributed by atoms with van der Waals surface area (Å²) in [5, 5.41) is 3.55. The van der Waals surface area contributed by atoms with E-state index in [2.05, 4.69) is 5.32 Å². The number of rotatable bonds is 13. The number of carbonyl (C=O) groups is 2. The fraction of sp³-hybridized carbons (Fsp3) is 0.297. The van der Waals surface area contributed by atoms with Crippen LogP contribution in [0.25, 0.3) is 0 Å². The van der Waals surface area contributed by atoms with E-state index < -0.39 is 28.5 Å². The Labute approximate surface area is 278 Å². The summed E-state index contributed by atoms with van der Waals surface area (Å²) in [7, 11) is -4.18. The number of halogens is 1. The van der Waals surface area contributed by atoms with Crippen molar-refractivity contribution in [3.05, 3.63) is 130 Å². The highest BCUT2D eigenvalue weighted by molar-refractivity contribution is 7.92. The highest BCUT2D eigenvalue weighted by Crippen LogP contribution is 2.29. The maximum atomic E-state index is 14.6. The average Bonchev–Trinajstić information content (AvgIpc) is 3.03. The van der Waals surface area contributed by atoms with Gasteiger partial charge in [-0.3, -0.25) is 13.9 Å². The molecule has 1 atom stereocenters. The van der Waals surface area contributed by atoms with Gasteiger partial charge >= 0.3 is 0 Å². The van der Waals surface area contributed by atoms with Crippen LogP contribution in [0.1, 0.15) is 41.7 Å². The number of carbonyl (C=O) groups excluding carboxylic acids is 2. The SMILES string of the molecule is Cc1ccc(S(=O)(=O)N(CC(=O)N(Cc2ccc(Cl)cc2)C(Cc2ccccc2)C(=O)NCC(C)C)c2cccc(C)c2C)cc1. The van der Waals surface area contributed by atoms with E-state index >= 15 is 0 Å². The number of anilines is 1. The number of benzene rings is 4. The van der Waals surface area contributed by atoms with E-state index in [0.717, 1.165) is 27.8 Å². The second-order valence-electron chi connectivity index (χ2n) is 12.0. The lowest BCUT2D eigenvalue weighted by Gasteiger charge is -2.34. The van der Waals surface area contributed by atoms with Gasteiger partial charge in [0.2, 0.25) is 11.8 Å². The van der Waals surface area contributed by atoms with Crippen molar-refractivity contribution in [2.24, 2.45) is 5.92 Å². The number of hydrogen-bond donors (Lipinski definition) is 1. The summed E-state index contributed by atoms with van der Waals surface area (Å²) in [5.74, 6) is -0.618. The van der Waals surface area contributed by atoms with Crippen LogP contribution in [-0.4, -0.2) is 44.3 Å². The van der Waals surface area contributed by atoms with Crippen molar-refractivity contribution in [3.63, 3.8) is 0 Å². The molecule has 0 bridgehead atoms. The van der Waals surface area contributed by atoms with Crippen molar-refractivity contribution >= 4 is 39.1 Å². The average molecular weight is 660 g/mol. The van der Waals surface area contributed by atoms with Gasteiger partial charge in [0.25, 0.3) is 10.0 Å². The van der Waals surface area contributed by atoms with Gasteiger partial charge in [0, 0.05) is 24.5 Å². The molecule has 4 aromatic rings. The molecule has 4 aromatic carbocycles. The Hall–Kier alpha value is -4.14. The molecule has 1 unspecified atom stereocenters. The zero-order valence-electron chi connectivity index (χ0n) is 27.0. The molecule has 0 aliphatic carbocycles. The summed E-state index contributed by atoms with van der Waals surface area (Å²) < 4.78 is 29.8. The van der Waals surface area contributed by atoms with Crippen LogP contribution in [-0.2, 0) is 32.6 Å². The molecule has 46 heavy (non-hydrogen) atoms. The molecule has 1 N–H and O–H groups in total. The third kappa shape index (κ3) is 8.77. The molecular weight excluding hydrogens is 618 g/mol. The fourth-order valence-corrected chi connectivity index (χ4v) is 6.72. The summed E-state index contributed by atoms with van der Waals surface area (Å²) in [5.41, 5.74) is 4.59. The molecular formula is C37H42ClN3O4S. The lowest BCUT2D eigenvalue weighted by molar-refractivity contribution is -0.140. The lowest BCUT2D eigenvalue weighted by atomic mass is 10.0. The molecule has 0 spiro atoms. The van der Waals surface area contributed by atoms with Crippen molar-refractivity contribution in [1.82, 2.24) is 10.2 Å². The molecule has 0 radical (unpaired) electrons.